The van der Waals surface area contributed by atoms with Crippen LogP contribution in [-0.2, 0) is 17.6 Å². The summed E-state index contributed by atoms with van der Waals surface area (Å²) in [5.74, 6) is 2.05. The molecule has 0 aliphatic carbocycles. The molecule has 9 heteroatoms. The van der Waals surface area contributed by atoms with Crippen molar-refractivity contribution in [2.24, 2.45) is 0 Å². The summed E-state index contributed by atoms with van der Waals surface area (Å²) in [4.78, 5) is 33.6. The van der Waals surface area contributed by atoms with Gasteiger partial charge in [0.25, 0.3) is 0 Å². The average molecular weight is 476 g/mol. The molecule has 5 heterocycles. The number of H-pyrrole nitrogens is 1. The lowest BCUT2D eigenvalue weighted by atomic mass is 10.0. The van der Waals surface area contributed by atoms with Crippen LogP contribution in [0.1, 0.15) is 17.0 Å². The Labute approximate surface area is 205 Å². The van der Waals surface area contributed by atoms with Gasteiger partial charge in [0.15, 0.2) is 5.82 Å². The standard InChI is InChI=1S/C27H21N7O2/c1-17-15-34(16-30-17)27-25-23(8-11-29-27)31-26(32-25)20-4-2-18(3-5-20)12-21(35)13-22-14-24(33-36-22)19-6-9-28-10-7-19/h2-11,14-16H,12-13H2,1H3,(H,31,32). The van der Waals surface area contributed by atoms with Gasteiger partial charge in [-0.3, -0.25) is 14.3 Å². The van der Waals surface area contributed by atoms with Gasteiger partial charge in [-0.25, -0.2) is 15.0 Å². The maximum atomic E-state index is 12.6. The summed E-state index contributed by atoms with van der Waals surface area (Å²) in [5, 5.41) is 4.06. The maximum absolute atomic E-state index is 12.6. The third-order valence-corrected chi connectivity index (χ3v) is 5.87. The first-order valence-corrected chi connectivity index (χ1v) is 11.4. The Bertz CT molecular complexity index is 1660. The number of pyridine rings is 2. The molecule has 0 radical (unpaired) electrons. The van der Waals surface area contributed by atoms with Crippen molar-refractivity contribution in [1.82, 2.24) is 34.6 Å². The number of rotatable bonds is 7. The van der Waals surface area contributed by atoms with Gasteiger partial charge in [0, 0.05) is 48.4 Å². The molecule has 5 aromatic heterocycles. The lowest BCUT2D eigenvalue weighted by Crippen LogP contribution is -2.05. The quantitative estimate of drug-likeness (QED) is 0.361. The minimum absolute atomic E-state index is 0.0512. The van der Waals surface area contributed by atoms with Crippen LogP contribution >= 0.6 is 0 Å². The molecule has 0 bridgehead atoms. The summed E-state index contributed by atoms with van der Waals surface area (Å²) < 4.78 is 7.23. The topological polar surface area (TPSA) is 115 Å². The summed E-state index contributed by atoms with van der Waals surface area (Å²) in [7, 11) is 0. The van der Waals surface area contributed by atoms with Gasteiger partial charge in [-0.2, -0.15) is 0 Å². The highest BCUT2D eigenvalue weighted by molar-refractivity contribution is 5.85. The van der Waals surface area contributed by atoms with Crippen molar-refractivity contribution in [3.05, 3.63) is 96.7 Å². The van der Waals surface area contributed by atoms with Crippen molar-refractivity contribution in [3.8, 4) is 28.5 Å². The Hall–Kier alpha value is -4.92. The number of imidazole rings is 2. The maximum Gasteiger partial charge on any atom is 0.166 e. The number of Topliss-reactive ketones (excluding diaryl/α,β-unsaturated/α-hetero) is 1. The molecule has 9 nitrogen and oxygen atoms in total. The molecule has 1 N–H and O–H groups in total. The molecule has 0 aliphatic rings. The van der Waals surface area contributed by atoms with Gasteiger partial charge in [-0.15, -0.1) is 0 Å². The molecule has 0 spiro atoms. The summed E-state index contributed by atoms with van der Waals surface area (Å²) in [6.07, 6.45) is 9.28. The molecule has 0 aliphatic heterocycles. The zero-order valence-electron chi connectivity index (χ0n) is 19.4. The van der Waals surface area contributed by atoms with Crippen LogP contribution in [0.25, 0.3) is 39.5 Å². The van der Waals surface area contributed by atoms with Crippen molar-refractivity contribution in [3.63, 3.8) is 0 Å². The number of hydrogen-bond donors (Lipinski definition) is 1. The zero-order valence-corrected chi connectivity index (χ0v) is 19.4. The van der Waals surface area contributed by atoms with E-state index in [0.29, 0.717) is 17.9 Å². The number of nitrogens with zero attached hydrogens (tertiary/aromatic N) is 6. The van der Waals surface area contributed by atoms with Crippen LogP contribution < -0.4 is 0 Å². The highest BCUT2D eigenvalue weighted by Crippen LogP contribution is 2.24. The number of benzene rings is 1. The Morgan fingerprint density at radius 3 is 2.58 bits per heavy atom. The van der Waals surface area contributed by atoms with E-state index in [0.717, 1.165) is 45.1 Å². The number of carbonyl (C=O) groups is 1. The number of ketones is 1. The van der Waals surface area contributed by atoms with E-state index in [1.54, 1.807) is 31.0 Å². The molecule has 0 saturated heterocycles. The lowest BCUT2D eigenvalue weighted by Gasteiger charge is -2.02. The van der Waals surface area contributed by atoms with E-state index < -0.39 is 0 Å². The van der Waals surface area contributed by atoms with Crippen molar-refractivity contribution < 1.29 is 9.32 Å². The zero-order chi connectivity index (χ0) is 24.5. The van der Waals surface area contributed by atoms with E-state index in [9.17, 15) is 4.79 Å². The van der Waals surface area contributed by atoms with Crippen molar-refractivity contribution >= 4 is 16.8 Å². The molecule has 0 unspecified atom stereocenters. The molecule has 6 rings (SSSR count). The van der Waals surface area contributed by atoms with E-state index in [2.05, 4.69) is 25.1 Å². The summed E-state index contributed by atoms with van der Waals surface area (Å²) in [5.41, 5.74) is 6.00. The van der Waals surface area contributed by atoms with Gasteiger partial charge in [0.2, 0.25) is 0 Å². The number of nitrogens with one attached hydrogen (secondary N) is 1. The first kappa shape index (κ1) is 21.6. The Morgan fingerprint density at radius 2 is 1.81 bits per heavy atom. The molecular formula is C27H21N7O2. The number of aromatic amines is 1. The molecule has 176 valence electrons. The monoisotopic (exact) mass is 475 g/mol. The predicted molar refractivity (Wildman–Crippen MR) is 133 cm³/mol. The van der Waals surface area contributed by atoms with Crippen LogP contribution in [0.2, 0.25) is 0 Å². The summed E-state index contributed by atoms with van der Waals surface area (Å²) in [6.45, 7) is 1.93. The SMILES string of the molecule is Cc1cn(-c2nccc3[nH]c(-c4ccc(CC(=O)Cc5cc(-c6ccncc6)no5)cc4)nc23)cn1. The fraction of sp³-hybridized carbons (Fsp3) is 0.111. The number of hydrogen-bond acceptors (Lipinski definition) is 7. The predicted octanol–water partition coefficient (Wildman–Crippen LogP) is 4.52. The van der Waals surface area contributed by atoms with Crippen molar-refractivity contribution in [2.75, 3.05) is 0 Å². The number of aryl methyl sites for hydroxylation is 1. The van der Waals surface area contributed by atoms with Crippen LogP contribution in [0.15, 0.2) is 84.2 Å². The van der Waals surface area contributed by atoms with Crippen LogP contribution in [-0.4, -0.2) is 40.4 Å². The summed E-state index contributed by atoms with van der Waals surface area (Å²) in [6, 6.07) is 15.2. The second-order valence-electron chi connectivity index (χ2n) is 8.54. The first-order valence-electron chi connectivity index (χ1n) is 11.4. The van der Waals surface area contributed by atoms with Gasteiger partial charge >= 0.3 is 0 Å². The van der Waals surface area contributed by atoms with Crippen molar-refractivity contribution in [1.29, 1.82) is 0 Å². The smallest absolute Gasteiger partial charge is 0.166 e. The third kappa shape index (κ3) is 4.29. The minimum Gasteiger partial charge on any atom is -0.360 e. The molecule has 0 amide bonds. The van der Waals surface area contributed by atoms with Crippen LogP contribution in [0.5, 0.6) is 0 Å². The molecule has 0 fully saturated rings. The van der Waals surface area contributed by atoms with Crippen LogP contribution in [0, 0.1) is 6.92 Å². The highest BCUT2D eigenvalue weighted by Gasteiger charge is 2.14. The van der Waals surface area contributed by atoms with E-state index in [-0.39, 0.29) is 12.2 Å². The largest absolute Gasteiger partial charge is 0.360 e. The molecule has 0 saturated carbocycles. The van der Waals surface area contributed by atoms with Crippen LogP contribution in [0.4, 0.5) is 0 Å². The van der Waals surface area contributed by atoms with Crippen LogP contribution in [0.3, 0.4) is 0 Å². The Morgan fingerprint density at radius 1 is 0.972 bits per heavy atom. The number of aromatic nitrogens is 7. The van der Waals surface area contributed by atoms with Gasteiger partial charge < -0.3 is 9.51 Å². The van der Waals surface area contributed by atoms with Crippen molar-refractivity contribution in [2.45, 2.75) is 19.8 Å². The van der Waals surface area contributed by atoms with E-state index in [4.69, 9.17) is 9.51 Å². The van der Waals surface area contributed by atoms with E-state index in [1.165, 1.54) is 0 Å². The highest BCUT2D eigenvalue weighted by atomic mass is 16.5. The fourth-order valence-electron chi connectivity index (χ4n) is 4.10. The summed E-state index contributed by atoms with van der Waals surface area (Å²) >= 11 is 0. The molecule has 36 heavy (non-hydrogen) atoms. The number of fused-ring (bicyclic) bond motifs is 1. The Kier molecular flexibility index (Phi) is 5.42. The molecule has 1 aromatic carbocycles. The second kappa shape index (κ2) is 9.03. The average Bonchev–Trinajstić information content (AvgIpc) is 3.64. The normalized spacial score (nSPS) is 11.2. The second-order valence-corrected chi connectivity index (χ2v) is 8.54. The Balaban J connectivity index is 1.16. The molecule has 0 atom stereocenters. The molecule has 6 aromatic rings. The lowest BCUT2D eigenvalue weighted by molar-refractivity contribution is -0.118. The fourth-order valence-corrected chi connectivity index (χ4v) is 4.10. The van der Waals surface area contributed by atoms with Gasteiger partial charge in [-0.05, 0) is 30.7 Å². The first-order chi connectivity index (χ1) is 17.6. The third-order valence-electron chi connectivity index (χ3n) is 5.87. The van der Waals surface area contributed by atoms with E-state index >= 15 is 0 Å². The minimum atomic E-state index is 0.0512. The van der Waals surface area contributed by atoms with Gasteiger partial charge in [0.05, 0.1) is 17.6 Å². The number of carbonyl (C=O) groups excluding carboxylic acids is 1. The van der Waals surface area contributed by atoms with Gasteiger partial charge in [-0.1, -0.05) is 29.4 Å². The van der Waals surface area contributed by atoms with E-state index in [1.807, 2.05) is 60.2 Å². The molecular weight excluding hydrogens is 454 g/mol. The van der Waals surface area contributed by atoms with Gasteiger partial charge in [0.1, 0.15) is 34.9 Å².